The lowest BCUT2D eigenvalue weighted by molar-refractivity contribution is 0.992. The van der Waals surface area contributed by atoms with E-state index < -0.39 is 0 Å². The Balaban J connectivity index is 2.54. The second kappa shape index (κ2) is 6.07. The van der Waals surface area contributed by atoms with E-state index in [0.29, 0.717) is 5.88 Å². The van der Waals surface area contributed by atoms with Gasteiger partial charge in [-0.2, -0.15) is 0 Å². The number of halogens is 1. The Hall–Kier alpha value is -1.54. The normalized spacial score (nSPS) is 10.5. The smallest absolute Gasteiger partial charge is 0.0510 e. The number of benzene rings is 1. The largest absolute Gasteiger partial charge is 0.341 e. The summed E-state index contributed by atoms with van der Waals surface area (Å²) in [5, 5.41) is 0. The number of aryl methyl sites for hydroxylation is 2. The molecule has 3 heteroatoms. The summed E-state index contributed by atoms with van der Waals surface area (Å²) in [6.45, 7) is 7.19. The van der Waals surface area contributed by atoms with E-state index in [1.54, 1.807) is 0 Å². The van der Waals surface area contributed by atoms with Gasteiger partial charge < -0.3 is 4.90 Å². The molecule has 1 aromatic heterocycles. The molecule has 100 valence electrons. The molecule has 0 amide bonds. The van der Waals surface area contributed by atoms with Crippen LogP contribution in [0.25, 0.3) is 0 Å². The molecule has 0 unspecified atom stereocenters. The van der Waals surface area contributed by atoms with Crippen LogP contribution in [-0.4, -0.2) is 11.5 Å². The van der Waals surface area contributed by atoms with Crippen LogP contribution in [0.2, 0.25) is 0 Å². The topological polar surface area (TPSA) is 16.1 Å². The average molecular weight is 275 g/mol. The van der Waals surface area contributed by atoms with Crippen molar-refractivity contribution in [2.24, 2.45) is 0 Å². The number of para-hydroxylation sites is 1. The van der Waals surface area contributed by atoms with Crippen molar-refractivity contribution in [2.75, 3.05) is 11.4 Å². The van der Waals surface area contributed by atoms with Crippen LogP contribution in [0.1, 0.15) is 23.7 Å². The van der Waals surface area contributed by atoms with E-state index in [4.69, 9.17) is 11.6 Å². The molecule has 0 aliphatic carbocycles. The van der Waals surface area contributed by atoms with E-state index in [1.165, 1.54) is 11.3 Å². The van der Waals surface area contributed by atoms with Gasteiger partial charge in [0.15, 0.2) is 0 Å². The Morgan fingerprint density at radius 3 is 2.53 bits per heavy atom. The molecular weight excluding hydrogens is 256 g/mol. The number of aromatic nitrogens is 1. The standard InChI is InChI=1S/C16H19ClN2/c1-4-19(15-8-6-5-7-12(15)2)16-9-13(3)18-11-14(16)10-17/h5-9,11H,4,10H2,1-3H3. The number of hydrogen-bond donors (Lipinski definition) is 0. The maximum atomic E-state index is 6.05. The zero-order valence-electron chi connectivity index (χ0n) is 11.7. The lowest BCUT2D eigenvalue weighted by Crippen LogP contribution is -2.19. The van der Waals surface area contributed by atoms with E-state index >= 15 is 0 Å². The van der Waals surface area contributed by atoms with Gasteiger partial charge in [-0.1, -0.05) is 18.2 Å². The van der Waals surface area contributed by atoms with E-state index in [2.05, 4.69) is 54.1 Å². The highest BCUT2D eigenvalue weighted by Crippen LogP contribution is 2.31. The van der Waals surface area contributed by atoms with Crippen LogP contribution >= 0.6 is 11.6 Å². The van der Waals surface area contributed by atoms with Gasteiger partial charge in [-0.25, -0.2) is 0 Å². The zero-order valence-corrected chi connectivity index (χ0v) is 12.4. The Morgan fingerprint density at radius 2 is 1.89 bits per heavy atom. The molecule has 0 spiro atoms. The summed E-state index contributed by atoms with van der Waals surface area (Å²) in [5.41, 5.74) is 5.72. The fraction of sp³-hybridized carbons (Fsp3) is 0.312. The molecule has 0 N–H and O–H groups in total. The molecule has 0 saturated carbocycles. The van der Waals surface area contributed by atoms with Crippen LogP contribution in [0, 0.1) is 13.8 Å². The van der Waals surface area contributed by atoms with Crippen molar-refractivity contribution < 1.29 is 0 Å². The Labute approximate surface area is 120 Å². The summed E-state index contributed by atoms with van der Waals surface area (Å²) in [6.07, 6.45) is 1.87. The van der Waals surface area contributed by atoms with E-state index in [1.807, 2.05) is 13.1 Å². The van der Waals surface area contributed by atoms with Gasteiger partial charge in [0.25, 0.3) is 0 Å². The van der Waals surface area contributed by atoms with Crippen molar-refractivity contribution in [3.63, 3.8) is 0 Å². The van der Waals surface area contributed by atoms with Crippen molar-refractivity contribution in [1.82, 2.24) is 4.98 Å². The number of anilines is 2. The molecule has 0 atom stereocenters. The van der Waals surface area contributed by atoms with Crippen LogP contribution in [0.3, 0.4) is 0 Å². The predicted octanol–water partition coefficient (Wildman–Crippen LogP) is 4.60. The molecule has 0 aliphatic rings. The maximum Gasteiger partial charge on any atom is 0.0510 e. The first kappa shape index (κ1) is 13.9. The minimum Gasteiger partial charge on any atom is -0.341 e. The molecule has 1 aromatic carbocycles. The fourth-order valence-electron chi connectivity index (χ4n) is 2.26. The lowest BCUT2D eigenvalue weighted by Gasteiger charge is -2.27. The monoisotopic (exact) mass is 274 g/mol. The molecule has 0 radical (unpaired) electrons. The molecule has 19 heavy (non-hydrogen) atoms. The fourth-order valence-corrected chi connectivity index (χ4v) is 2.47. The molecular formula is C16H19ClN2. The van der Waals surface area contributed by atoms with E-state index in [0.717, 1.165) is 23.5 Å². The zero-order chi connectivity index (χ0) is 13.8. The molecule has 0 saturated heterocycles. The minimum absolute atomic E-state index is 0.477. The van der Waals surface area contributed by atoms with Gasteiger partial charge in [-0.3, -0.25) is 4.98 Å². The summed E-state index contributed by atoms with van der Waals surface area (Å²) >= 11 is 6.05. The average Bonchev–Trinajstić information content (AvgIpc) is 2.42. The van der Waals surface area contributed by atoms with Crippen molar-refractivity contribution in [2.45, 2.75) is 26.7 Å². The minimum atomic E-state index is 0.477. The van der Waals surface area contributed by atoms with Crippen molar-refractivity contribution in [1.29, 1.82) is 0 Å². The van der Waals surface area contributed by atoms with Gasteiger partial charge >= 0.3 is 0 Å². The van der Waals surface area contributed by atoms with Crippen LogP contribution in [0.5, 0.6) is 0 Å². The molecule has 0 bridgehead atoms. The third-order valence-electron chi connectivity index (χ3n) is 3.26. The highest BCUT2D eigenvalue weighted by Gasteiger charge is 2.13. The van der Waals surface area contributed by atoms with Crippen molar-refractivity contribution in [3.8, 4) is 0 Å². The molecule has 1 heterocycles. The maximum absolute atomic E-state index is 6.05. The number of nitrogens with zero attached hydrogens (tertiary/aromatic N) is 2. The van der Waals surface area contributed by atoms with Gasteiger partial charge in [0, 0.05) is 35.4 Å². The first-order valence-electron chi connectivity index (χ1n) is 6.52. The summed E-state index contributed by atoms with van der Waals surface area (Å²) in [4.78, 5) is 6.63. The Bertz CT molecular complexity index is 566. The summed E-state index contributed by atoms with van der Waals surface area (Å²) in [5.74, 6) is 0.477. The van der Waals surface area contributed by atoms with Gasteiger partial charge in [-0.15, -0.1) is 11.6 Å². The van der Waals surface area contributed by atoms with Crippen LogP contribution in [0.15, 0.2) is 36.5 Å². The first-order valence-corrected chi connectivity index (χ1v) is 7.05. The molecule has 0 fully saturated rings. The second-order valence-electron chi connectivity index (χ2n) is 4.62. The third-order valence-corrected chi connectivity index (χ3v) is 3.54. The van der Waals surface area contributed by atoms with Gasteiger partial charge in [0.1, 0.15) is 0 Å². The summed E-state index contributed by atoms with van der Waals surface area (Å²) in [7, 11) is 0. The highest BCUT2D eigenvalue weighted by molar-refractivity contribution is 6.17. The first-order chi connectivity index (χ1) is 9.17. The number of alkyl halides is 1. The molecule has 2 nitrogen and oxygen atoms in total. The summed E-state index contributed by atoms with van der Waals surface area (Å²) in [6, 6.07) is 10.5. The van der Waals surface area contributed by atoms with Crippen molar-refractivity contribution in [3.05, 3.63) is 53.3 Å². The molecule has 2 rings (SSSR count). The quantitative estimate of drug-likeness (QED) is 0.758. The van der Waals surface area contributed by atoms with Gasteiger partial charge in [0.05, 0.1) is 5.88 Å². The number of hydrogen-bond acceptors (Lipinski definition) is 2. The number of pyridine rings is 1. The van der Waals surface area contributed by atoms with Crippen LogP contribution in [-0.2, 0) is 5.88 Å². The van der Waals surface area contributed by atoms with Crippen LogP contribution in [0.4, 0.5) is 11.4 Å². The van der Waals surface area contributed by atoms with Gasteiger partial charge in [0.2, 0.25) is 0 Å². The van der Waals surface area contributed by atoms with E-state index in [-0.39, 0.29) is 0 Å². The third kappa shape index (κ3) is 2.90. The van der Waals surface area contributed by atoms with E-state index in [9.17, 15) is 0 Å². The SMILES string of the molecule is CCN(c1ccccc1C)c1cc(C)ncc1CCl. The predicted molar refractivity (Wildman–Crippen MR) is 82.4 cm³/mol. The number of rotatable bonds is 4. The van der Waals surface area contributed by atoms with Crippen LogP contribution < -0.4 is 4.90 Å². The summed E-state index contributed by atoms with van der Waals surface area (Å²) < 4.78 is 0. The molecule has 2 aromatic rings. The second-order valence-corrected chi connectivity index (χ2v) is 4.89. The van der Waals surface area contributed by atoms with Crippen molar-refractivity contribution >= 4 is 23.0 Å². The highest BCUT2D eigenvalue weighted by atomic mass is 35.5. The lowest BCUT2D eigenvalue weighted by atomic mass is 10.1. The Morgan fingerprint density at radius 1 is 1.16 bits per heavy atom. The van der Waals surface area contributed by atoms with Gasteiger partial charge in [-0.05, 0) is 38.5 Å². The molecule has 0 aliphatic heterocycles. The Kier molecular flexibility index (Phi) is 4.43.